The van der Waals surface area contributed by atoms with Crippen LogP contribution in [0, 0.1) is 5.92 Å². The fourth-order valence-corrected chi connectivity index (χ4v) is 7.23. The van der Waals surface area contributed by atoms with Gasteiger partial charge >= 0.3 is 0 Å². The molecule has 0 spiro atoms. The average Bonchev–Trinajstić information content (AvgIpc) is 2.87. The topological polar surface area (TPSA) is 3.24 Å². The first kappa shape index (κ1) is 10.5. The highest BCUT2D eigenvalue weighted by atomic mass is 32.2. The molecule has 0 radical (unpaired) electrons. The third kappa shape index (κ3) is 1.84. The normalized spacial score (nSPS) is 43.4. The molecule has 1 saturated carbocycles. The van der Waals surface area contributed by atoms with Crippen molar-refractivity contribution in [2.45, 2.75) is 49.8 Å². The van der Waals surface area contributed by atoms with E-state index in [9.17, 15) is 0 Å². The monoisotopic (exact) mass is 226 g/mol. The van der Waals surface area contributed by atoms with E-state index >= 15 is 0 Å². The van der Waals surface area contributed by atoms with Gasteiger partial charge in [-0.25, -0.2) is 0 Å². The Hall–Kier alpha value is 0.310. The zero-order valence-corrected chi connectivity index (χ0v) is 10.8. The lowest BCUT2D eigenvalue weighted by molar-refractivity contribution is 0.215. The fraction of sp³-hybridized carbons (Fsp3) is 1.00. The molecule has 0 aromatic heterocycles. The Morgan fingerprint density at radius 1 is 1.00 bits per heavy atom. The molecule has 2 aliphatic heterocycles. The number of hydrogen-bond donors (Lipinski definition) is 0. The van der Waals surface area contributed by atoms with Gasteiger partial charge in [0.2, 0.25) is 0 Å². The number of hydrogen-bond acceptors (Lipinski definition) is 1. The Bertz CT molecular complexity index is 225. The maximum Gasteiger partial charge on any atom is 0.135 e. The summed E-state index contributed by atoms with van der Waals surface area (Å²) in [4.78, 5) is 2.69. The summed E-state index contributed by atoms with van der Waals surface area (Å²) in [5.74, 6) is 4.23. The average molecular weight is 226 g/mol. The number of likely N-dealkylation sites (tertiary alicyclic amines) is 1. The zero-order chi connectivity index (χ0) is 10.3. The first-order chi connectivity index (χ1) is 7.36. The van der Waals surface area contributed by atoms with Gasteiger partial charge in [-0.15, -0.1) is 0 Å². The molecule has 3 atom stereocenters. The molecule has 0 aromatic rings. The van der Waals surface area contributed by atoms with Crippen molar-refractivity contribution in [1.82, 2.24) is 4.90 Å². The van der Waals surface area contributed by atoms with Crippen molar-refractivity contribution in [2.24, 2.45) is 5.92 Å². The van der Waals surface area contributed by atoms with Crippen molar-refractivity contribution in [2.75, 3.05) is 25.1 Å². The molecule has 3 rings (SSSR count). The third-order valence-electron chi connectivity index (χ3n) is 4.78. The number of nitrogens with zero attached hydrogens (tertiary/aromatic N) is 1. The van der Waals surface area contributed by atoms with E-state index < -0.39 is 0 Å². The van der Waals surface area contributed by atoms with Gasteiger partial charge < -0.3 is 0 Å². The fourth-order valence-electron chi connectivity index (χ4n) is 4.01. The molecule has 0 amide bonds. The van der Waals surface area contributed by atoms with Gasteiger partial charge in [0.05, 0.1) is 0 Å². The number of fused-ring (bicyclic) bond motifs is 1. The molecule has 2 heteroatoms. The summed E-state index contributed by atoms with van der Waals surface area (Å²) in [5, 5.41) is 1.10. The maximum absolute atomic E-state index is 2.69. The van der Waals surface area contributed by atoms with Gasteiger partial charge in [0.25, 0.3) is 0 Å². The molecule has 3 aliphatic rings. The van der Waals surface area contributed by atoms with Crippen LogP contribution in [0.3, 0.4) is 0 Å². The maximum atomic E-state index is 2.69. The van der Waals surface area contributed by atoms with E-state index in [4.69, 9.17) is 0 Å². The third-order valence-corrected chi connectivity index (χ3v) is 7.77. The van der Waals surface area contributed by atoms with Gasteiger partial charge in [0.15, 0.2) is 0 Å². The van der Waals surface area contributed by atoms with Crippen LogP contribution >= 0.6 is 0 Å². The highest BCUT2D eigenvalue weighted by Gasteiger charge is 2.49. The number of rotatable bonds is 1. The minimum Gasteiger partial charge on any atom is -0.298 e. The molecule has 86 valence electrons. The minimum atomic E-state index is 0.817. The van der Waals surface area contributed by atoms with Gasteiger partial charge in [0.1, 0.15) is 16.8 Å². The summed E-state index contributed by atoms with van der Waals surface area (Å²) in [6, 6.07) is 0.969. The largest absolute Gasteiger partial charge is 0.298 e. The summed E-state index contributed by atoms with van der Waals surface area (Å²) in [6.07, 6.45) is 9.11. The molecule has 3 unspecified atom stereocenters. The zero-order valence-electron chi connectivity index (χ0n) is 9.95. The Labute approximate surface area is 97.0 Å². The summed E-state index contributed by atoms with van der Waals surface area (Å²) in [6.45, 7) is 1.43. The van der Waals surface area contributed by atoms with E-state index in [2.05, 4.69) is 11.9 Å². The lowest BCUT2D eigenvalue weighted by atomic mass is 9.85. The van der Waals surface area contributed by atoms with E-state index in [0.717, 1.165) is 28.1 Å². The molecule has 2 heterocycles. The van der Waals surface area contributed by atoms with Crippen LogP contribution in [0.4, 0.5) is 0 Å². The summed E-state index contributed by atoms with van der Waals surface area (Å²) in [5.41, 5.74) is 0. The van der Waals surface area contributed by atoms with Crippen molar-refractivity contribution >= 4 is 10.9 Å². The van der Waals surface area contributed by atoms with Crippen molar-refractivity contribution in [3.8, 4) is 0 Å². The summed E-state index contributed by atoms with van der Waals surface area (Å²) < 4.78 is 0. The molecule has 1 nitrogen and oxygen atoms in total. The molecular weight excluding hydrogens is 202 g/mol. The van der Waals surface area contributed by atoms with Crippen LogP contribution in [0.15, 0.2) is 0 Å². The summed E-state index contributed by atoms with van der Waals surface area (Å²) >= 11 is 0. The van der Waals surface area contributed by atoms with E-state index in [1.165, 1.54) is 38.6 Å². The van der Waals surface area contributed by atoms with Crippen LogP contribution in [0.2, 0.25) is 0 Å². The molecular formula is C13H24NS+. The molecule has 0 bridgehead atoms. The Morgan fingerprint density at radius 3 is 2.53 bits per heavy atom. The van der Waals surface area contributed by atoms with E-state index in [0.29, 0.717) is 0 Å². The van der Waals surface area contributed by atoms with E-state index in [1.807, 2.05) is 0 Å². The van der Waals surface area contributed by atoms with Crippen molar-refractivity contribution in [1.29, 1.82) is 0 Å². The van der Waals surface area contributed by atoms with Gasteiger partial charge in [0, 0.05) is 18.5 Å². The standard InChI is InChI=1S/C13H24NS/c1-14-10-13(15-8-4-5-9-15)11-6-2-3-7-12(11)14/h11-13H,2-10H2,1H3/q+1. The highest BCUT2D eigenvalue weighted by molar-refractivity contribution is 7.97. The Morgan fingerprint density at radius 2 is 1.73 bits per heavy atom. The van der Waals surface area contributed by atoms with Gasteiger partial charge in [-0.05, 0) is 43.6 Å². The van der Waals surface area contributed by atoms with Crippen LogP contribution in [0.1, 0.15) is 38.5 Å². The van der Waals surface area contributed by atoms with E-state index in [1.54, 1.807) is 17.9 Å². The van der Waals surface area contributed by atoms with Gasteiger partial charge in [-0.1, -0.05) is 12.8 Å². The Kier molecular flexibility index (Phi) is 2.99. The predicted molar refractivity (Wildman–Crippen MR) is 68.5 cm³/mol. The van der Waals surface area contributed by atoms with Crippen LogP contribution in [-0.4, -0.2) is 41.3 Å². The lowest BCUT2D eigenvalue weighted by Gasteiger charge is -2.29. The molecule has 0 aromatic carbocycles. The van der Waals surface area contributed by atoms with Crippen LogP contribution in [0.25, 0.3) is 0 Å². The molecule has 1 aliphatic carbocycles. The second-order valence-corrected chi connectivity index (χ2v) is 8.14. The van der Waals surface area contributed by atoms with Crippen LogP contribution < -0.4 is 0 Å². The highest BCUT2D eigenvalue weighted by Crippen LogP contribution is 2.40. The molecule has 3 fully saturated rings. The predicted octanol–water partition coefficient (Wildman–Crippen LogP) is 2.27. The van der Waals surface area contributed by atoms with Gasteiger partial charge in [-0.3, -0.25) is 4.90 Å². The van der Waals surface area contributed by atoms with Crippen molar-refractivity contribution in [3.05, 3.63) is 0 Å². The first-order valence-electron chi connectivity index (χ1n) is 6.73. The quantitative estimate of drug-likeness (QED) is 0.620. The molecule has 0 N–H and O–H groups in total. The molecule has 2 saturated heterocycles. The van der Waals surface area contributed by atoms with Crippen LogP contribution in [0.5, 0.6) is 0 Å². The smallest absolute Gasteiger partial charge is 0.135 e. The van der Waals surface area contributed by atoms with Crippen LogP contribution in [-0.2, 0) is 10.9 Å². The minimum absolute atomic E-state index is 0.817. The Balaban J connectivity index is 1.73. The lowest BCUT2D eigenvalue weighted by Crippen LogP contribution is -2.35. The van der Waals surface area contributed by atoms with Gasteiger partial charge in [-0.2, -0.15) is 0 Å². The van der Waals surface area contributed by atoms with Crippen molar-refractivity contribution < 1.29 is 0 Å². The van der Waals surface area contributed by atoms with E-state index in [-0.39, 0.29) is 0 Å². The second-order valence-electron chi connectivity index (χ2n) is 5.65. The first-order valence-corrected chi connectivity index (χ1v) is 8.35. The molecule has 15 heavy (non-hydrogen) atoms. The summed E-state index contributed by atoms with van der Waals surface area (Å²) in [7, 11) is 3.19. The SMILES string of the molecule is CN1CC([S+]2CCCC2)C2CCCCC21. The van der Waals surface area contributed by atoms with Crippen molar-refractivity contribution in [3.63, 3.8) is 0 Å². The second kappa shape index (κ2) is 4.29.